The lowest BCUT2D eigenvalue weighted by molar-refractivity contribution is 0.804. The van der Waals surface area contributed by atoms with Crippen molar-refractivity contribution in [3.8, 4) is 0 Å². The van der Waals surface area contributed by atoms with E-state index in [0.717, 1.165) is 24.6 Å². The highest BCUT2D eigenvalue weighted by Gasteiger charge is 2.18. The Bertz CT molecular complexity index is 309. The lowest BCUT2D eigenvalue weighted by Gasteiger charge is -2.16. The molecular weight excluding hydrogens is 188 g/mol. The number of anilines is 1. The van der Waals surface area contributed by atoms with Crippen LogP contribution in [-0.2, 0) is 0 Å². The highest BCUT2D eigenvalue weighted by Crippen LogP contribution is 2.26. The second-order valence-electron chi connectivity index (χ2n) is 3.21. The van der Waals surface area contributed by atoms with Gasteiger partial charge in [-0.15, -0.1) is 10.2 Å². The van der Waals surface area contributed by atoms with E-state index in [1.54, 1.807) is 0 Å². The van der Waals surface area contributed by atoms with Crippen LogP contribution in [0.15, 0.2) is 0 Å². The Labute approximate surface area is 81.9 Å². The van der Waals surface area contributed by atoms with Crippen molar-refractivity contribution < 1.29 is 0 Å². The van der Waals surface area contributed by atoms with E-state index in [1.807, 2.05) is 6.92 Å². The summed E-state index contributed by atoms with van der Waals surface area (Å²) in [6.07, 6.45) is 2.42. The van der Waals surface area contributed by atoms with E-state index >= 15 is 0 Å². The summed E-state index contributed by atoms with van der Waals surface area (Å²) in [6.45, 7) is 3.90. The summed E-state index contributed by atoms with van der Waals surface area (Å²) in [7, 11) is 0. The molecule has 0 aromatic carbocycles. The van der Waals surface area contributed by atoms with Gasteiger partial charge >= 0.3 is 0 Å². The second-order valence-corrected chi connectivity index (χ2v) is 3.58. The van der Waals surface area contributed by atoms with E-state index in [1.165, 1.54) is 12.8 Å². The summed E-state index contributed by atoms with van der Waals surface area (Å²) < 4.78 is 0. The summed E-state index contributed by atoms with van der Waals surface area (Å²) in [5, 5.41) is 12.0. The van der Waals surface area contributed by atoms with E-state index in [2.05, 4.69) is 20.3 Å². The van der Waals surface area contributed by atoms with Gasteiger partial charge in [0.25, 0.3) is 0 Å². The fourth-order valence-corrected chi connectivity index (χ4v) is 1.71. The number of hydrogen-bond acceptors (Lipinski definition) is 4. The summed E-state index contributed by atoms with van der Waals surface area (Å²) in [5.41, 5.74) is 0.749. The standard InChI is InChI=1S/C8H11ClN4/c1-6-7(9)8(11-12-10-6)13-4-2-3-5-13/h2-5H2,1H3. The topological polar surface area (TPSA) is 41.9 Å². The molecule has 0 N–H and O–H groups in total. The number of hydrogen-bond donors (Lipinski definition) is 0. The number of aromatic nitrogens is 3. The predicted molar refractivity (Wildman–Crippen MR) is 51.0 cm³/mol. The van der Waals surface area contributed by atoms with E-state index in [0.29, 0.717) is 5.02 Å². The van der Waals surface area contributed by atoms with Crippen molar-refractivity contribution in [1.82, 2.24) is 15.4 Å². The maximum atomic E-state index is 6.07. The summed E-state index contributed by atoms with van der Waals surface area (Å²) in [6, 6.07) is 0. The van der Waals surface area contributed by atoms with Crippen LogP contribution in [0.4, 0.5) is 5.82 Å². The van der Waals surface area contributed by atoms with E-state index < -0.39 is 0 Å². The minimum absolute atomic E-state index is 0.636. The fraction of sp³-hybridized carbons (Fsp3) is 0.625. The maximum absolute atomic E-state index is 6.07. The molecule has 2 heterocycles. The molecule has 0 spiro atoms. The van der Waals surface area contributed by atoms with Gasteiger partial charge in [-0.05, 0) is 25.0 Å². The van der Waals surface area contributed by atoms with Crippen molar-refractivity contribution in [3.63, 3.8) is 0 Å². The molecule has 2 rings (SSSR count). The molecule has 70 valence electrons. The molecule has 5 heteroatoms. The molecule has 1 aromatic rings. The third kappa shape index (κ3) is 1.58. The van der Waals surface area contributed by atoms with Gasteiger partial charge < -0.3 is 4.90 Å². The van der Waals surface area contributed by atoms with Crippen molar-refractivity contribution in [3.05, 3.63) is 10.7 Å². The molecule has 1 saturated heterocycles. The molecule has 1 aromatic heterocycles. The van der Waals surface area contributed by atoms with E-state index in [-0.39, 0.29) is 0 Å². The van der Waals surface area contributed by atoms with Crippen LogP contribution in [0.3, 0.4) is 0 Å². The van der Waals surface area contributed by atoms with Gasteiger partial charge in [0.15, 0.2) is 5.82 Å². The minimum Gasteiger partial charge on any atom is -0.354 e. The molecule has 13 heavy (non-hydrogen) atoms. The van der Waals surface area contributed by atoms with E-state index in [4.69, 9.17) is 11.6 Å². The van der Waals surface area contributed by atoms with Gasteiger partial charge in [0.2, 0.25) is 0 Å². The van der Waals surface area contributed by atoms with Gasteiger partial charge in [-0.3, -0.25) is 0 Å². The van der Waals surface area contributed by atoms with Crippen LogP contribution in [0.5, 0.6) is 0 Å². The van der Waals surface area contributed by atoms with Gasteiger partial charge in [0.1, 0.15) is 5.02 Å². The van der Waals surface area contributed by atoms with Crippen molar-refractivity contribution in [2.45, 2.75) is 19.8 Å². The fourth-order valence-electron chi connectivity index (χ4n) is 1.51. The number of halogens is 1. The van der Waals surface area contributed by atoms with Crippen molar-refractivity contribution in [1.29, 1.82) is 0 Å². The molecule has 0 aliphatic carbocycles. The van der Waals surface area contributed by atoms with Gasteiger partial charge in [-0.1, -0.05) is 11.6 Å². The molecule has 0 atom stereocenters. The van der Waals surface area contributed by atoms with Crippen LogP contribution >= 0.6 is 11.6 Å². The molecule has 1 aliphatic heterocycles. The van der Waals surface area contributed by atoms with Gasteiger partial charge in [0.05, 0.1) is 5.69 Å². The maximum Gasteiger partial charge on any atom is 0.173 e. The molecule has 1 aliphatic rings. The zero-order valence-electron chi connectivity index (χ0n) is 7.50. The van der Waals surface area contributed by atoms with Crippen LogP contribution in [0.25, 0.3) is 0 Å². The smallest absolute Gasteiger partial charge is 0.173 e. The quantitative estimate of drug-likeness (QED) is 0.685. The lowest BCUT2D eigenvalue weighted by Crippen LogP contribution is -2.20. The van der Waals surface area contributed by atoms with Gasteiger partial charge in [0, 0.05) is 13.1 Å². The summed E-state index contributed by atoms with van der Waals surface area (Å²) in [5.74, 6) is 0.784. The molecule has 0 unspecified atom stereocenters. The second kappa shape index (κ2) is 3.46. The first-order valence-corrected chi connectivity index (χ1v) is 4.77. The molecule has 0 bridgehead atoms. The molecule has 0 radical (unpaired) electrons. The number of nitrogens with zero attached hydrogens (tertiary/aromatic N) is 4. The molecule has 1 fully saturated rings. The molecule has 4 nitrogen and oxygen atoms in total. The van der Waals surface area contributed by atoms with Gasteiger partial charge in [-0.25, -0.2) is 0 Å². The van der Waals surface area contributed by atoms with Crippen molar-refractivity contribution >= 4 is 17.4 Å². The largest absolute Gasteiger partial charge is 0.354 e. The predicted octanol–water partition coefficient (Wildman–Crippen LogP) is 1.43. The Morgan fingerprint density at radius 3 is 2.62 bits per heavy atom. The van der Waals surface area contributed by atoms with Crippen LogP contribution in [0, 0.1) is 6.92 Å². The Morgan fingerprint density at radius 1 is 1.23 bits per heavy atom. The highest BCUT2D eigenvalue weighted by atomic mass is 35.5. The third-order valence-corrected chi connectivity index (χ3v) is 2.70. The SMILES string of the molecule is Cc1nnnc(N2CCCC2)c1Cl. The molecule has 0 amide bonds. The first-order valence-electron chi connectivity index (χ1n) is 4.39. The van der Waals surface area contributed by atoms with Crippen molar-refractivity contribution in [2.24, 2.45) is 0 Å². The Hall–Kier alpha value is -0.900. The summed E-state index contributed by atoms with van der Waals surface area (Å²) >= 11 is 6.07. The average molecular weight is 199 g/mol. The first kappa shape index (κ1) is 8.69. The lowest BCUT2D eigenvalue weighted by atomic mass is 10.4. The Balaban J connectivity index is 2.33. The van der Waals surface area contributed by atoms with Crippen LogP contribution in [0.1, 0.15) is 18.5 Å². The first-order chi connectivity index (χ1) is 6.29. The zero-order chi connectivity index (χ0) is 9.26. The zero-order valence-corrected chi connectivity index (χ0v) is 8.25. The average Bonchev–Trinajstić information content (AvgIpc) is 2.62. The Morgan fingerprint density at radius 2 is 1.92 bits per heavy atom. The van der Waals surface area contributed by atoms with Crippen LogP contribution in [-0.4, -0.2) is 28.5 Å². The number of aryl methyl sites for hydroxylation is 1. The highest BCUT2D eigenvalue weighted by molar-refractivity contribution is 6.33. The number of rotatable bonds is 1. The van der Waals surface area contributed by atoms with Crippen molar-refractivity contribution in [2.75, 3.05) is 18.0 Å². The van der Waals surface area contributed by atoms with E-state index in [9.17, 15) is 0 Å². The Kier molecular flexibility index (Phi) is 2.31. The van der Waals surface area contributed by atoms with Crippen LogP contribution < -0.4 is 4.90 Å². The molecule has 0 saturated carbocycles. The van der Waals surface area contributed by atoms with Crippen LogP contribution in [0.2, 0.25) is 5.02 Å². The summed E-state index contributed by atoms with van der Waals surface area (Å²) in [4.78, 5) is 2.16. The third-order valence-electron chi connectivity index (χ3n) is 2.25. The molecular formula is C8H11ClN4. The normalized spacial score (nSPS) is 16.6. The van der Waals surface area contributed by atoms with Gasteiger partial charge in [-0.2, -0.15) is 0 Å². The minimum atomic E-state index is 0.636. The monoisotopic (exact) mass is 198 g/mol.